The minimum absolute atomic E-state index is 0.924. The highest BCUT2D eigenvalue weighted by Crippen LogP contribution is 2.44. The SMILES string of the molecule is C[Si](C)(C)NC(=O)C(Cl)(Cl)C(F)(Cl)Cl. The van der Waals surface area contributed by atoms with Gasteiger partial charge in [0, 0.05) is 0 Å². The molecule has 0 spiro atoms. The van der Waals surface area contributed by atoms with Crippen LogP contribution in [0.4, 0.5) is 4.39 Å². The second-order valence-corrected chi connectivity index (χ2v) is 11.1. The largest absolute Gasteiger partial charge is 0.380 e. The van der Waals surface area contributed by atoms with Crippen molar-refractivity contribution in [2.75, 3.05) is 0 Å². The summed E-state index contributed by atoms with van der Waals surface area (Å²) in [6.45, 7) is 5.45. The van der Waals surface area contributed by atoms with E-state index < -0.39 is 23.1 Å². The van der Waals surface area contributed by atoms with Gasteiger partial charge >= 0.3 is 0 Å². The molecule has 0 aromatic rings. The van der Waals surface area contributed by atoms with Gasteiger partial charge in [-0.2, -0.15) is 0 Å². The van der Waals surface area contributed by atoms with E-state index in [4.69, 9.17) is 46.4 Å². The maximum atomic E-state index is 13.0. The molecule has 2 nitrogen and oxygen atoms in total. The predicted molar refractivity (Wildman–Crippen MR) is 61.5 cm³/mol. The molecular weight excluding hydrogens is 291 g/mol. The summed E-state index contributed by atoms with van der Waals surface area (Å²) in [5, 5.41) is 0. The van der Waals surface area contributed by atoms with Crippen molar-refractivity contribution in [3.05, 3.63) is 0 Å². The fraction of sp³-hybridized carbons (Fsp3) is 0.833. The summed E-state index contributed by atoms with van der Waals surface area (Å²) in [4.78, 5) is 13.9. The molecule has 1 N–H and O–H groups in total. The zero-order chi connectivity index (χ0) is 11.8. The van der Waals surface area contributed by atoms with Crippen LogP contribution in [0.25, 0.3) is 0 Å². The predicted octanol–water partition coefficient (Wildman–Crippen LogP) is 3.21. The summed E-state index contributed by atoms with van der Waals surface area (Å²) in [6, 6.07) is 0. The van der Waals surface area contributed by atoms with Crippen LogP contribution in [0.15, 0.2) is 0 Å². The monoisotopic (exact) mass is 299 g/mol. The topological polar surface area (TPSA) is 29.1 Å². The van der Waals surface area contributed by atoms with E-state index in [-0.39, 0.29) is 0 Å². The van der Waals surface area contributed by atoms with E-state index in [0.29, 0.717) is 0 Å². The zero-order valence-corrected chi connectivity index (χ0v) is 11.8. The van der Waals surface area contributed by atoms with E-state index in [2.05, 4.69) is 4.98 Å². The van der Waals surface area contributed by atoms with Gasteiger partial charge < -0.3 is 4.98 Å². The summed E-state index contributed by atoms with van der Waals surface area (Å²) < 4.78 is 7.48. The van der Waals surface area contributed by atoms with Crippen molar-refractivity contribution in [2.24, 2.45) is 0 Å². The Bertz CT molecular complexity index is 235. The highest BCUT2D eigenvalue weighted by atomic mass is 35.5. The molecule has 0 aliphatic heterocycles. The number of hydrogen-bond acceptors (Lipinski definition) is 1. The molecule has 0 aromatic heterocycles. The highest BCUT2D eigenvalue weighted by Gasteiger charge is 2.54. The van der Waals surface area contributed by atoms with E-state index in [1.807, 2.05) is 19.6 Å². The Morgan fingerprint density at radius 2 is 1.57 bits per heavy atom. The normalized spacial score (nSPS) is 14.0. The molecule has 0 radical (unpaired) electrons. The fourth-order valence-corrected chi connectivity index (χ4v) is 1.84. The summed E-state index contributed by atoms with van der Waals surface area (Å²) in [6.07, 6.45) is 0. The molecule has 0 aromatic carbocycles. The third-order valence-corrected chi connectivity index (χ3v) is 3.92. The molecule has 0 unspecified atom stereocenters. The third kappa shape index (κ3) is 4.11. The molecule has 0 rings (SSSR count). The van der Waals surface area contributed by atoms with Crippen LogP contribution in [-0.4, -0.2) is 23.1 Å². The van der Waals surface area contributed by atoms with Gasteiger partial charge in [-0.1, -0.05) is 66.0 Å². The average molecular weight is 301 g/mol. The Morgan fingerprint density at radius 1 is 1.21 bits per heavy atom. The van der Waals surface area contributed by atoms with Gasteiger partial charge in [0.15, 0.2) is 0 Å². The lowest BCUT2D eigenvalue weighted by Crippen LogP contribution is -2.55. The Hall–Kier alpha value is 0.777. The quantitative estimate of drug-likeness (QED) is 0.629. The van der Waals surface area contributed by atoms with Crippen LogP contribution in [0.5, 0.6) is 0 Å². The minimum atomic E-state index is -3.03. The van der Waals surface area contributed by atoms with Crippen LogP contribution in [-0.2, 0) is 4.79 Å². The molecule has 0 aliphatic rings. The molecule has 0 saturated carbocycles. The Morgan fingerprint density at radius 3 is 1.79 bits per heavy atom. The van der Waals surface area contributed by atoms with Gasteiger partial charge in [0.25, 0.3) is 14.8 Å². The molecule has 0 heterocycles. The lowest BCUT2D eigenvalue weighted by Gasteiger charge is -2.28. The Kier molecular flexibility index (Phi) is 4.58. The first kappa shape index (κ1) is 14.8. The molecule has 8 heteroatoms. The van der Waals surface area contributed by atoms with Crippen molar-refractivity contribution in [3.63, 3.8) is 0 Å². The van der Waals surface area contributed by atoms with Crippen LogP contribution in [0.1, 0.15) is 0 Å². The molecule has 84 valence electrons. The zero-order valence-electron chi connectivity index (χ0n) is 7.80. The minimum Gasteiger partial charge on any atom is -0.380 e. The molecule has 0 saturated heterocycles. The molecule has 0 bridgehead atoms. The van der Waals surface area contributed by atoms with Crippen LogP contribution >= 0.6 is 46.4 Å². The lowest BCUT2D eigenvalue weighted by atomic mass is 10.4. The molecule has 1 amide bonds. The number of rotatable bonds is 3. The summed E-state index contributed by atoms with van der Waals surface area (Å²) in [7, 11) is -1.96. The van der Waals surface area contributed by atoms with E-state index in [9.17, 15) is 9.18 Å². The Balaban J connectivity index is 4.70. The van der Waals surface area contributed by atoms with Crippen molar-refractivity contribution in [2.45, 2.75) is 28.6 Å². The first-order chi connectivity index (χ1) is 5.88. The van der Waals surface area contributed by atoms with Crippen LogP contribution in [0.2, 0.25) is 19.6 Å². The maximum absolute atomic E-state index is 13.0. The average Bonchev–Trinajstić information content (AvgIpc) is 1.80. The maximum Gasteiger partial charge on any atom is 0.299 e. The number of halogens is 5. The molecule has 0 fully saturated rings. The Labute approximate surface area is 103 Å². The summed E-state index contributed by atoms with van der Waals surface area (Å²) in [5.41, 5.74) is 0. The van der Waals surface area contributed by atoms with Crippen molar-refractivity contribution in [3.8, 4) is 0 Å². The number of hydrogen-bond donors (Lipinski definition) is 1. The summed E-state index contributed by atoms with van der Waals surface area (Å²) in [5.74, 6) is -0.924. The first-order valence-corrected chi connectivity index (χ1v) is 8.66. The summed E-state index contributed by atoms with van der Waals surface area (Å²) >= 11 is 20.9. The van der Waals surface area contributed by atoms with Gasteiger partial charge in [-0.25, -0.2) is 4.39 Å². The van der Waals surface area contributed by atoms with Crippen molar-refractivity contribution in [1.82, 2.24) is 4.98 Å². The van der Waals surface area contributed by atoms with Crippen LogP contribution in [0, 0.1) is 0 Å². The van der Waals surface area contributed by atoms with Gasteiger partial charge in [-0.3, -0.25) is 4.79 Å². The van der Waals surface area contributed by atoms with Gasteiger partial charge in [-0.15, -0.1) is 0 Å². The molecule has 0 aliphatic carbocycles. The van der Waals surface area contributed by atoms with Gasteiger partial charge in [0.2, 0.25) is 0 Å². The number of nitrogens with one attached hydrogen (secondary N) is 1. The number of carbonyl (C=O) groups is 1. The van der Waals surface area contributed by atoms with Gasteiger partial charge in [0.05, 0.1) is 0 Å². The van der Waals surface area contributed by atoms with Crippen molar-refractivity contribution < 1.29 is 9.18 Å². The number of carbonyl (C=O) groups excluding carboxylic acids is 1. The number of amides is 1. The van der Waals surface area contributed by atoms with E-state index in [1.165, 1.54) is 0 Å². The van der Waals surface area contributed by atoms with E-state index >= 15 is 0 Å². The fourth-order valence-electron chi connectivity index (χ4n) is 0.548. The van der Waals surface area contributed by atoms with Crippen molar-refractivity contribution in [1.29, 1.82) is 0 Å². The van der Waals surface area contributed by atoms with Crippen LogP contribution < -0.4 is 4.98 Å². The van der Waals surface area contributed by atoms with Gasteiger partial charge in [0.1, 0.15) is 8.24 Å². The molecule has 0 atom stereocenters. The smallest absolute Gasteiger partial charge is 0.299 e. The standard InChI is InChI=1S/C6H10Cl4FNOSi/c1-14(2,3)12-4(13)5(7,8)6(9,10)11/h1-3H3,(H,12,13). The van der Waals surface area contributed by atoms with E-state index in [0.717, 1.165) is 0 Å². The number of alkyl halides is 5. The van der Waals surface area contributed by atoms with Gasteiger partial charge in [-0.05, 0) is 0 Å². The third-order valence-electron chi connectivity index (χ3n) is 1.13. The molecule has 14 heavy (non-hydrogen) atoms. The van der Waals surface area contributed by atoms with Crippen molar-refractivity contribution >= 4 is 60.5 Å². The molecular formula is C6H10Cl4FNOSi. The lowest BCUT2D eigenvalue weighted by molar-refractivity contribution is -0.121. The second kappa shape index (κ2) is 4.34. The highest BCUT2D eigenvalue weighted by molar-refractivity contribution is 6.78. The van der Waals surface area contributed by atoms with E-state index in [1.54, 1.807) is 0 Å². The second-order valence-electron chi connectivity index (χ2n) is 3.78. The van der Waals surface area contributed by atoms with Crippen LogP contribution in [0.3, 0.4) is 0 Å². The first-order valence-electron chi connectivity index (χ1n) is 3.65.